The molecule has 4 nitrogen and oxygen atoms in total. The maximum Gasteiger partial charge on any atom is 0.261 e. The minimum Gasteiger partial charge on any atom is -0.399 e. The third kappa shape index (κ3) is 2.78. The molecule has 1 atom stereocenters. The first-order valence-corrected chi connectivity index (χ1v) is 7.69. The first kappa shape index (κ1) is 13.4. The molecule has 2 heterocycles. The van der Waals surface area contributed by atoms with Crippen LogP contribution < -0.4 is 11.1 Å². The molecule has 1 amide bonds. The Morgan fingerprint density at radius 2 is 2.35 bits per heavy atom. The summed E-state index contributed by atoms with van der Waals surface area (Å²) in [5.74, 6) is 0.605. The molecule has 0 aliphatic carbocycles. The van der Waals surface area contributed by atoms with Crippen LogP contribution in [0.1, 0.15) is 16.1 Å². The largest absolute Gasteiger partial charge is 0.399 e. The van der Waals surface area contributed by atoms with Gasteiger partial charge in [-0.15, -0.1) is 11.3 Å². The van der Waals surface area contributed by atoms with Crippen molar-refractivity contribution in [2.75, 3.05) is 32.4 Å². The minimum atomic E-state index is 0.0272. The molecule has 106 valence electrons. The standard InChI is InChI=1S/C15H19N3OS/c1-18-5-4-10(9-18)8-17-15(19)14-7-11-6-12(16)2-3-13(11)20-14/h2-3,6-7,10H,4-5,8-9,16H2,1H3,(H,17,19). The Morgan fingerprint density at radius 1 is 1.50 bits per heavy atom. The summed E-state index contributed by atoms with van der Waals surface area (Å²) in [4.78, 5) is 15.3. The topological polar surface area (TPSA) is 58.4 Å². The molecule has 3 rings (SSSR count). The summed E-state index contributed by atoms with van der Waals surface area (Å²) in [5.41, 5.74) is 6.50. The zero-order valence-electron chi connectivity index (χ0n) is 11.6. The highest BCUT2D eigenvalue weighted by atomic mass is 32.1. The lowest BCUT2D eigenvalue weighted by atomic mass is 10.1. The van der Waals surface area contributed by atoms with Crippen LogP contribution in [0.25, 0.3) is 10.1 Å². The molecule has 0 spiro atoms. The van der Waals surface area contributed by atoms with E-state index in [0.717, 1.165) is 40.3 Å². The van der Waals surface area contributed by atoms with Crippen molar-refractivity contribution in [2.24, 2.45) is 5.92 Å². The lowest BCUT2D eigenvalue weighted by Crippen LogP contribution is -2.29. The quantitative estimate of drug-likeness (QED) is 0.851. The van der Waals surface area contributed by atoms with Crippen molar-refractivity contribution in [3.63, 3.8) is 0 Å². The minimum absolute atomic E-state index is 0.0272. The molecule has 1 fully saturated rings. The van der Waals surface area contributed by atoms with Crippen molar-refractivity contribution in [3.8, 4) is 0 Å². The molecular weight excluding hydrogens is 270 g/mol. The van der Waals surface area contributed by atoms with Gasteiger partial charge in [0.05, 0.1) is 4.88 Å². The number of thiophene rings is 1. The predicted octanol–water partition coefficient (Wildman–Crippen LogP) is 2.17. The summed E-state index contributed by atoms with van der Waals surface area (Å²) in [6.07, 6.45) is 1.17. The molecule has 1 aliphatic rings. The molecule has 5 heteroatoms. The number of nitrogens with one attached hydrogen (secondary N) is 1. The van der Waals surface area contributed by atoms with E-state index in [1.165, 1.54) is 17.8 Å². The Bertz CT molecular complexity index is 637. The summed E-state index contributed by atoms with van der Waals surface area (Å²) >= 11 is 1.52. The number of amides is 1. The maximum absolute atomic E-state index is 12.2. The molecule has 0 bridgehead atoms. The third-order valence-corrected chi connectivity index (χ3v) is 4.92. The molecule has 20 heavy (non-hydrogen) atoms. The number of carbonyl (C=O) groups excluding carboxylic acids is 1. The number of nitrogens with zero attached hydrogens (tertiary/aromatic N) is 1. The number of nitrogens with two attached hydrogens (primary N) is 1. The Labute approximate surface area is 122 Å². The predicted molar refractivity (Wildman–Crippen MR) is 84.2 cm³/mol. The second-order valence-corrected chi connectivity index (χ2v) is 6.62. The second kappa shape index (κ2) is 5.42. The highest BCUT2D eigenvalue weighted by Crippen LogP contribution is 2.27. The van der Waals surface area contributed by atoms with Gasteiger partial charge in [0.25, 0.3) is 5.91 Å². The average molecular weight is 289 g/mol. The molecule has 3 N–H and O–H groups in total. The van der Waals surface area contributed by atoms with E-state index in [1.807, 2.05) is 24.3 Å². The Kier molecular flexibility index (Phi) is 3.63. The van der Waals surface area contributed by atoms with Gasteiger partial charge in [-0.2, -0.15) is 0 Å². The lowest BCUT2D eigenvalue weighted by Gasteiger charge is -2.10. The van der Waals surface area contributed by atoms with Crippen LogP contribution in [-0.4, -0.2) is 37.5 Å². The van der Waals surface area contributed by atoms with Crippen molar-refractivity contribution >= 4 is 33.0 Å². The fraction of sp³-hybridized carbons (Fsp3) is 0.400. The molecule has 2 aromatic rings. The van der Waals surface area contributed by atoms with Crippen LogP contribution in [0.3, 0.4) is 0 Å². The SMILES string of the molecule is CN1CCC(CNC(=O)c2cc3cc(N)ccc3s2)C1. The van der Waals surface area contributed by atoms with Crippen LogP contribution in [-0.2, 0) is 0 Å². The second-order valence-electron chi connectivity index (χ2n) is 5.53. The number of nitrogen functional groups attached to an aromatic ring is 1. The highest BCUT2D eigenvalue weighted by Gasteiger charge is 2.20. The van der Waals surface area contributed by atoms with Crippen LogP contribution in [0, 0.1) is 5.92 Å². The van der Waals surface area contributed by atoms with E-state index in [4.69, 9.17) is 5.73 Å². The molecule has 0 saturated carbocycles. The van der Waals surface area contributed by atoms with Gasteiger partial charge in [-0.1, -0.05) is 0 Å². The number of anilines is 1. The number of fused-ring (bicyclic) bond motifs is 1. The van der Waals surface area contributed by atoms with Gasteiger partial charge in [-0.3, -0.25) is 4.79 Å². The number of carbonyl (C=O) groups is 1. The molecule has 1 unspecified atom stereocenters. The van der Waals surface area contributed by atoms with E-state index >= 15 is 0 Å². The number of hydrogen-bond acceptors (Lipinski definition) is 4. The molecule has 1 aromatic carbocycles. The van der Waals surface area contributed by atoms with Gasteiger partial charge in [-0.25, -0.2) is 0 Å². The van der Waals surface area contributed by atoms with E-state index in [9.17, 15) is 4.79 Å². The van der Waals surface area contributed by atoms with Crippen molar-refractivity contribution < 1.29 is 4.79 Å². The van der Waals surface area contributed by atoms with E-state index in [-0.39, 0.29) is 5.91 Å². The van der Waals surface area contributed by atoms with Crippen LogP contribution >= 0.6 is 11.3 Å². The van der Waals surface area contributed by atoms with Gasteiger partial charge in [0.1, 0.15) is 0 Å². The summed E-state index contributed by atoms with van der Waals surface area (Å²) in [6.45, 7) is 2.96. The average Bonchev–Trinajstić information content (AvgIpc) is 3.01. The first-order chi connectivity index (χ1) is 9.61. The number of rotatable bonds is 3. The number of likely N-dealkylation sites (tertiary alicyclic amines) is 1. The molecular formula is C15H19N3OS. The van der Waals surface area contributed by atoms with E-state index in [1.54, 1.807) is 0 Å². The summed E-state index contributed by atoms with van der Waals surface area (Å²) in [7, 11) is 2.12. The van der Waals surface area contributed by atoms with Gasteiger partial charge in [0, 0.05) is 23.5 Å². The van der Waals surface area contributed by atoms with Crippen molar-refractivity contribution in [3.05, 3.63) is 29.1 Å². The first-order valence-electron chi connectivity index (χ1n) is 6.87. The monoisotopic (exact) mass is 289 g/mol. The van der Waals surface area contributed by atoms with Crippen LogP contribution in [0.15, 0.2) is 24.3 Å². The van der Waals surface area contributed by atoms with Gasteiger partial charge < -0.3 is 16.0 Å². The fourth-order valence-electron chi connectivity index (χ4n) is 2.69. The maximum atomic E-state index is 12.2. The number of benzene rings is 1. The molecule has 1 saturated heterocycles. The molecule has 1 aliphatic heterocycles. The van der Waals surface area contributed by atoms with Gasteiger partial charge >= 0.3 is 0 Å². The summed E-state index contributed by atoms with van der Waals surface area (Å²) in [5, 5.41) is 4.09. The van der Waals surface area contributed by atoms with Crippen molar-refractivity contribution in [1.82, 2.24) is 10.2 Å². The fourth-order valence-corrected chi connectivity index (χ4v) is 3.65. The van der Waals surface area contributed by atoms with E-state index in [2.05, 4.69) is 17.3 Å². The lowest BCUT2D eigenvalue weighted by molar-refractivity contribution is 0.0951. The zero-order chi connectivity index (χ0) is 14.1. The van der Waals surface area contributed by atoms with Gasteiger partial charge in [0.15, 0.2) is 0 Å². The Morgan fingerprint density at radius 3 is 3.10 bits per heavy atom. The zero-order valence-corrected chi connectivity index (χ0v) is 12.4. The Hall–Kier alpha value is -1.59. The van der Waals surface area contributed by atoms with E-state index in [0.29, 0.717) is 5.92 Å². The third-order valence-electron chi connectivity index (χ3n) is 3.80. The normalized spacial score (nSPS) is 19.6. The highest BCUT2D eigenvalue weighted by molar-refractivity contribution is 7.20. The molecule has 0 radical (unpaired) electrons. The molecule has 1 aromatic heterocycles. The number of hydrogen-bond donors (Lipinski definition) is 2. The van der Waals surface area contributed by atoms with Crippen molar-refractivity contribution in [1.29, 1.82) is 0 Å². The van der Waals surface area contributed by atoms with E-state index < -0.39 is 0 Å². The van der Waals surface area contributed by atoms with Crippen LogP contribution in [0.2, 0.25) is 0 Å². The summed E-state index contributed by atoms with van der Waals surface area (Å²) in [6, 6.07) is 7.67. The van der Waals surface area contributed by atoms with Gasteiger partial charge in [0.2, 0.25) is 0 Å². The van der Waals surface area contributed by atoms with Crippen LogP contribution in [0.5, 0.6) is 0 Å². The Balaban J connectivity index is 1.66. The van der Waals surface area contributed by atoms with Crippen LogP contribution in [0.4, 0.5) is 5.69 Å². The van der Waals surface area contributed by atoms with Gasteiger partial charge in [-0.05, 0) is 55.6 Å². The van der Waals surface area contributed by atoms with Crippen molar-refractivity contribution in [2.45, 2.75) is 6.42 Å². The smallest absolute Gasteiger partial charge is 0.261 e. The summed E-state index contributed by atoms with van der Waals surface area (Å²) < 4.78 is 1.10.